The molecule has 162 valence electrons. The number of fused-ring (bicyclic) bond motifs is 4. The number of anilines is 1. The molecule has 6 rings (SSSR count). The zero-order chi connectivity index (χ0) is 21.8. The Kier molecular flexibility index (Phi) is 4.44. The van der Waals surface area contributed by atoms with Crippen LogP contribution in [0.4, 0.5) is 5.82 Å². The van der Waals surface area contributed by atoms with Gasteiger partial charge in [0.1, 0.15) is 24.6 Å². The van der Waals surface area contributed by atoms with Crippen molar-refractivity contribution < 1.29 is 20.1 Å². The highest BCUT2D eigenvalue weighted by Gasteiger charge is 2.44. The SMILES string of the molecule is OC[C@H]1O[C@@H](n2cnc3c(NC4c5ccccc5-c5ccccc54)ncnc32)[C@@H](O)C1O. The molecule has 1 aliphatic carbocycles. The van der Waals surface area contributed by atoms with Crippen LogP contribution in [0.15, 0.2) is 61.2 Å². The lowest BCUT2D eigenvalue weighted by molar-refractivity contribution is -0.0511. The number of nitrogens with zero attached hydrogens (tertiary/aromatic N) is 4. The Morgan fingerprint density at radius 2 is 1.59 bits per heavy atom. The molecule has 3 heterocycles. The molecule has 0 amide bonds. The first-order valence-electron chi connectivity index (χ1n) is 10.4. The molecule has 9 nitrogen and oxygen atoms in total. The normalized spacial score (nSPS) is 24.6. The van der Waals surface area contributed by atoms with Crippen LogP contribution >= 0.6 is 0 Å². The van der Waals surface area contributed by atoms with Gasteiger partial charge >= 0.3 is 0 Å². The van der Waals surface area contributed by atoms with E-state index in [-0.39, 0.29) is 6.04 Å². The number of aliphatic hydroxyl groups excluding tert-OH is 3. The lowest BCUT2D eigenvalue weighted by Gasteiger charge is -2.18. The summed E-state index contributed by atoms with van der Waals surface area (Å²) in [6.45, 7) is -0.399. The van der Waals surface area contributed by atoms with Gasteiger partial charge in [-0.25, -0.2) is 15.0 Å². The van der Waals surface area contributed by atoms with Crippen LogP contribution in [0, 0.1) is 0 Å². The Morgan fingerprint density at radius 1 is 0.906 bits per heavy atom. The van der Waals surface area contributed by atoms with Crippen LogP contribution in [0.2, 0.25) is 0 Å². The molecule has 9 heteroatoms. The van der Waals surface area contributed by atoms with Gasteiger partial charge in [-0.1, -0.05) is 48.5 Å². The Morgan fingerprint density at radius 3 is 2.25 bits per heavy atom. The molecule has 0 spiro atoms. The van der Waals surface area contributed by atoms with Crippen molar-refractivity contribution >= 4 is 17.0 Å². The summed E-state index contributed by atoms with van der Waals surface area (Å²) in [5, 5.41) is 33.4. The molecule has 1 unspecified atom stereocenters. The highest BCUT2D eigenvalue weighted by atomic mass is 16.6. The summed E-state index contributed by atoms with van der Waals surface area (Å²) >= 11 is 0. The van der Waals surface area contributed by atoms with E-state index in [1.807, 2.05) is 24.3 Å². The summed E-state index contributed by atoms with van der Waals surface area (Å²) < 4.78 is 7.20. The van der Waals surface area contributed by atoms with Crippen molar-refractivity contribution in [1.29, 1.82) is 0 Å². The van der Waals surface area contributed by atoms with Crippen molar-refractivity contribution in [3.05, 3.63) is 72.3 Å². The Balaban J connectivity index is 1.39. The number of aromatic nitrogens is 4. The lowest BCUT2D eigenvalue weighted by Crippen LogP contribution is -2.33. The first-order valence-corrected chi connectivity index (χ1v) is 10.4. The summed E-state index contributed by atoms with van der Waals surface area (Å²) in [5.74, 6) is 0.553. The molecule has 4 N–H and O–H groups in total. The zero-order valence-electron chi connectivity index (χ0n) is 16.9. The summed E-state index contributed by atoms with van der Waals surface area (Å²) in [5.41, 5.74) is 5.65. The molecule has 1 aliphatic heterocycles. The van der Waals surface area contributed by atoms with E-state index in [0.717, 1.165) is 11.1 Å². The molecular weight excluding hydrogens is 410 g/mol. The predicted molar refractivity (Wildman–Crippen MR) is 116 cm³/mol. The van der Waals surface area contributed by atoms with Crippen molar-refractivity contribution in [2.24, 2.45) is 0 Å². The number of hydrogen-bond donors (Lipinski definition) is 4. The largest absolute Gasteiger partial charge is 0.394 e. The van der Waals surface area contributed by atoms with E-state index < -0.39 is 31.1 Å². The van der Waals surface area contributed by atoms with Gasteiger partial charge in [-0.2, -0.15) is 0 Å². The Labute approximate surface area is 183 Å². The third-order valence-corrected chi connectivity index (χ3v) is 6.26. The number of imidazole rings is 1. The van der Waals surface area contributed by atoms with Gasteiger partial charge in [0, 0.05) is 0 Å². The van der Waals surface area contributed by atoms with E-state index in [1.54, 1.807) is 4.57 Å². The summed E-state index contributed by atoms with van der Waals surface area (Å²) in [4.78, 5) is 13.2. The number of aliphatic hydroxyl groups is 3. The van der Waals surface area contributed by atoms with E-state index in [1.165, 1.54) is 23.8 Å². The fraction of sp³-hybridized carbons (Fsp3) is 0.261. The number of nitrogens with one attached hydrogen (secondary N) is 1. The van der Waals surface area contributed by atoms with Crippen molar-refractivity contribution in [3.63, 3.8) is 0 Å². The third-order valence-electron chi connectivity index (χ3n) is 6.26. The molecule has 32 heavy (non-hydrogen) atoms. The van der Waals surface area contributed by atoms with Gasteiger partial charge < -0.3 is 25.4 Å². The van der Waals surface area contributed by atoms with Crippen molar-refractivity contribution in [2.45, 2.75) is 30.6 Å². The molecule has 0 saturated carbocycles. The van der Waals surface area contributed by atoms with Crippen molar-refractivity contribution in [1.82, 2.24) is 19.5 Å². The number of ether oxygens (including phenoxy) is 1. The van der Waals surface area contributed by atoms with E-state index in [0.29, 0.717) is 17.0 Å². The fourth-order valence-corrected chi connectivity index (χ4v) is 4.70. The van der Waals surface area contributed by atoms with Crippen molar-refractivity contribution in [2.75, 3.05) is 11.9 Å². The maximum atomic E-state index is 10.4. The average molecular weight is 431 g/mol. The molecule has 1 fully saturated rings. The second-order valence-corrected chi connectivity index (χ2v) is 8.03. The molecule has 4 atom stereocenters. The van der Waals surface area contributed by atoms with Gasteiger partial charge in [-0.05, 0) is 22.3 Å². The molecule has 0 bridgehead atoms. The van der Waals surface area contributed by atoms with E-state index in [9.17, 15) is 15.3 Å². The Hall–Kier alpha value is -3.37. The maximum Gasteiger partial charge on any atom is 0.167 e. The van der Waals surface area contributed by atoms with Gasteiger partial charge in [-0.15, -0.1) is 0 Å². The summed E-state index contributed by atoms with van der Waals surface area (Å²) in [6, 6.07) is 16.4. The average Bonchev–Trinajstić information content (AvgIpc) is 3.48. The van der Waals surface area contributed by atoms with Gasteiger partial charge in [0.25, 0.3) is 0 Å². The number of rotatable bonds is 4. The van der Waals surface area contributed by atoms with Gasteiger partial charge in [0.15, 0.2) is 23.2 Å². The third kappa shape index (κ3) is 2.76. The van der Waals surface area contributed by atoms with Crippen LogP contribution in [0.25, 0.3) is 22.3 Å². The zero-order valence-corrected chi connectivity index (χ0v) is 16.9. The minimum atomic E-state index is -1.22. The minimum Gasteiger partial charge on any atom is -0.394 e. The van der Waals surface area contributed by atoms with Crippen LogP contribution in [0.5, 0.6) is 0 Å². The first-order chi connectivity index (χ1) is 15.7. The fourth-order valence-electron chi connectivity index (χ4n) is 4.70. The highest BCUT2D eigenvalue weighted by molar-refractivity contribution is 5.85. The molecule has 2 aromatic heterocycles. The van der Waals surface area contributed by atoms with Gasteiger partial charge in [0.05, 0.1) is 19.0 Å². The van der Waals surface area contributed by atoms with E-state index in [4.69, 9.17) is 4.74 Å². The predicted octanol–water partition coefficient (Wildman–Crippen LogP) is 1.62. The molecule has 2 aromatic carbocycles. The Bertz CT molecular complexity index is 1260. The van der Waals surface area contributed by atoms with Gasteiger partial charge in [-0.3, -0.25) is 4.57 Å². The van der Waals surface area contributed by atoms with Crippen LogP contribution in [0.3, 0.4) is 0 Å². The molecule has 0 radical (unpaired) electrons. The van der Waals surface area contributed by atoms with Crippen LogP contribution in [-0.2, 0) is 4.74 Å². The smallest absolute Gasteiger partial charge is 0.167 e. The quantitative estimate of drug-likeness (QED) is 0.384. The van der Waals surface area contributed by atoms with E-state index >= 15 is 0 Å². The van der Waals surface area contributed by atoms with Gasteiger partial charge in [0.2, 0.25) is 0 Å². The number of benzene rings is 2. The summed E-state index contributed by atoms with van der Waals surface area (Å²) in [7, 11) is 0. The second kappa shape index (κ2) is 7.35. The lowest BCUT2D eigenvalue weighted by atomic mass is 10.1. The summed E-state index contributed by atoms with van der Waals surface area (Å²) in [6.07, 6.45) is -1.28. The minimum absolute atomic E-state index is 0.0976. The van der Waals surface area contributed by atoms with Crippen LogP contribution < -0.4 is 5.32 Å². The molecule has 1 saturated heterocycles. The molecule has 4 aromatic rings. The van der Waals surface area contributed by atoms with Crippen molar-refractivity contribution in [3.8, 4) is 11.1 Å². The molecular formula is C23H21N5O4. The molecule has 2 aliphatic rings. The second-order valence-electron chi connectivity index (χ2n) is 8.03. The maximum absolute atomic E-state index is 10.4. The standard InChI is InChI=1S/C23H21N5O4/c29-9-16-19(30)20(31)23(32-16)28-11-26-18-21(24-10-25-22(18)28)27-17-14-7-3-1-5-12(14)13-6-2-4-8-15(13)17/h1-8,10-11,16-17,19-20,23,29-31H,9H2,(H,24,25,27)/t16-,19?,20+,23-/m1/s1. The monoisotopic (exact) mass is 431 g/mol. The van der Waals surface area contributed by atoms with E-state index in [2.05, 4.69) is 44.5 Å². The first kappa shape index (κ1) is 19.3. The van der Waals surface area contributed by atoms with Crippen LogP contribution in [0.1, 0.15) is 23.4 Å². The van der Waals surface area contributed by atoms with Crippen LogP contribution in [-0.4, -0.2) is 59.8 Å². The highest BCUT2D eigenvalue weighted by Crippen LogP contribution is 2.45. The number of hydrogen-bond acceptors (Lipinski definition) is 8. The topological polar surface area (TPSA) is 126 Å².